The second-order valence-electron chi connectivity index (χ2n) is 14.0. The molecule has 0 saturated carbocycles. The Balaban J connectivity index is 1.43. The summed E-state index contributed by atoms with van der Waals surface area (Å²) < 4.78 is 227. The van der Waals surface area contributed by atoms with E-state index in [-0.39, 0.29) is 32.9 Å². The maximum absolute atomic E-state index is 15.9. The molecule has 9 rings (SSSR count). The lowest BCUT2D eigenvalue weighted by Crippen LogP contribution is -2.22. The van der Waals surface area contributed by atoms with Gasteiger partial charge in [0.05, 0.1) is 28.1 Å². The molecule has 1 aliphatic rings. The van der Waals surface area contributed by atoms with Crippen LogP contribution in [-0.4, -0.2) is 20.7 Å². The van der Waals surface area contributed by atoms with Crippen LogP contribution in [0.2, 0.25) is 0 Å². The lowest BCUT2D eigenvalue weighted by Gasteiger charge is -2.14. The molecule has 3 aromatic heterocycles. The standard InChI is InChI=1S/C45H17F15N4/c46-31-28(32(47)38(53)43(58)37(31)52)25(17-13-61-19-7-3-1-5-15(17)19)21-9-11-23(63-21)27(30-35(50)41(56)45(60)42(57)36(30)51)24-12-10-22(64-24)26(18-14-62-20-8-4-2-6-16(18)20)29-33(48)39(54)44(59)40(55)34(29)49/h1-14,61-63H/b25-21+,26-22+,27-23+. The van der Waals surface area contributed by atoms with Gasteiger partial charge in [-0.2, -0.15) is 0 Å². The van der Waals surface area contributed by atoms with Gasteiger partial charge in [0.25, 0.3) is 0 Å². The van der Waals surface area contributed by atoms with Crippen molar-refractivity contribution in [2.45, 2.75) is 0 Å². The first-order chi connectivity index (χ1) is 30.5. The van der Waals surface area contributed by atoms with Gasteiger partial charge in [-0.15, -0.1) is 0 Å². The van der Waals surface area contributed by atoms with E-state index in [0.717, 1.165) is 36.7 Å². The predicted molar refractivity (Wildman–Crippen MR) is 202 cm³/mol. The minimum atomic E-state index is -2.61. The predicted octanol–water partition coefficient (Wildman–Crippen LogP) is 11.0. The highest BCUT2D eigenvalue weighted by atomic mass is 19.2. The Morgan fingerprint density at radius 2 is 0.703 bits per heavy atom. The Hall–Kier alpha value is -7.70. The Labute approximate surface area is 346 Å². The molecule has 8 aromatic rings. The average Bonchev–Trinajstić information content (AvgIpc) is 4.14. The monoisotopic (exact) mass is 898 g/mol. The first-order valence-corrected chi connectivity index (χ1v) is 18.2. The van der Waals surface area contributed by atoms with E-state index >= 15 is 35.1 Å². The van der Waals surface area contributed by atoms with E-state index in [2.05, 4.69) is 19.9 Å². The lowest BCUT2D eigenvalue weighted by molar-refractivity contribution is 0.376. The van der Waals surface area contributed by atoms with E-state index in [1.807, 2.05) is 0 Å². The number of aromatic amines is 3. The average molecular weight is 899 g/mol. The third-order valence-corrected chi connectivity index (χ3v) is 10.5. The zero-order valence-corrected chi connectivity index (χ0v) is 31.2. The summed E-state index contributed by atoms with van der Waals surface area (Å²) in [7, 11) is 0. The topological polar surface area (TPSA) is 59.7 Å². The van der Waals surface area contributed by atoms with Crippen LogP contribution in [0.5, 0.6) is 0 Å². The van der Waals surface area contributed by atoms with E-state index in [0.29, 0.717) is 0 Å². The molecule has 0 spiro atoms. The molecule has 0 saturated heterocycles. The molecule has 322 valence electrons. The molecule has 19 heteroatoms. The number of H-pyrrole nitrogens is 3. The molecule has 0 aliphatic carbocycles. The summed E-state index contributed by atoms with van der Waals surface area (Å²) in [5, 5.41) is -1.03. The van der Waals surface area contributed by atoms with Gasteiger partial charge in [-0.3, -0.25) is 0 Å². The van der Waals surface area contributed by atoms with Crippen molar-refractivity contribution >= 4 is 44.2 Å². The van der Waals surface area contributed by atoms with Crippen molar-refractivity contribution in [3.63, 3.8) is 0 Å². The van der Waals surface area contributed by atoms with Crippen LogP contribution in [0.4, 0.5) is 65.9 Å². The van der Waals surface area contributed by atoms with Gasteiger partial charge in [0, 0.05) is 72.7 Å². The number of hydrogen-bond acceptors (Lipinski definition) is 1. The molecule has 0 unspecified atom stereocenters. The fourth-order valence-electron chi connectivity index (χ4n) is 7.57. The molecule has 64 heavy (non-hydrogen) atoms. The summed E-state index contributed by atoms with van der Waals surface area (Å²) in [5.74, 6) is -36.4. The summed E-state index contributed by atoms with van der Waals surface area (Å²) in [6, 6.07) is 13.5. The SMILES string of the molecule is Fc1c(F)c(F)c(/C(C2=N/C(=C(/c3c(F)c(F)c(F)c(F)c3F)c3c[nH]c4ccccc34)C=C2)=c2\cc/c(=C(\c3c(F)c(F)c(F)c(F)c3F)c3c[nH]c4ccccc34)[nH]2)c(F)c1F. The van der Waals surface area contributed by atoms with Crippen LogP contribution < -0.4 is 10.7 Å². The van der Waals surface area contributed by atoms with E-state index in [9.17, 15) is 30.7 Å². The van der Waals surface area contributed by atoms with Gasteiger partial charge in [-0.1, -0.05) is 36.4 Å². The number of benzene rings is 5. The highest BCUT2D eigenvalue weighted by Gasteiger charge is 2.35. The van der Waals surface area contributed by atoms with Crippen molar-refractivity contribution in [2.24, 2.45) is 4.99 Å². The van der Waals surface area contributed by atoms with Gasteiger partial charge >= 0.3 is 0 Å². The van der Waals surface area contributed by atoms with Crippen molar-refractivity contribution < 1.29 is 65.9 Å². The maximum atomic E-state index is 15.9. The van der Waals surface area contributed by atoms with E-state index in [1.165, 1.54) is 48.5 Å². The van der Waals surface area contributed by atoms with Crippen LogP contribution in [0.15, 0.2) is 95.9 Å². The van der Waals surface area contributed by atoms with Gasteiger partial charge < -0.3 is 15.0 Å². The zero-order valence-electron chi connectivity index (χ0n) is 31.2. The number of rotatable bonds is 6. The Morgan fingerprint density at radius 3 is 1.14 bits per heavy atom. The number of nitrogens with zero attached hydrogens (tertiary/aromatic N) is 1. The van der Waals surface area contributed by atoms with Gasteiger partial charge in [0.1, 0.15) is 0 Å². The minimum Gasteiger partial charge on any atom is -0.361 e. The molecule has 4 heterocycles. The molecule has 4 nitrogen and oxygen atoms in total. The van der Waals surface area contributed by atoms with E-state index in [4.69, 9.17) is 0 Å². The molecular formula is C45H17F15N4. The summed E-state index contributed by atoms with van der Waals surface area (Å²) in [6.07, 6.45) is 3.91. The number of aliphatic imine (C=N–C) groups is 1. The number of nitrogens with one attached hydrogen (secondary N) is 3. The molecule has 0 atom stereocenters. The second kappa shape index (κ2) is 15.3. The third-order valence-electron chi connectivity index (χ3n) is 10.5. The number of halogens is 15. The number of aromatic nitrogens is 3. The maximum Gasteiger partial charge on any atom is 0.200 e. The fourth-order valence-corrected chi connectivity index (χ4v) is 7.57. The van der Waals surface area contributed by atoms with Crippen molar-refractivity contribution in [1.29, 1.82) is 0 Å². The molecule has 1 aliphatic heterocycles. The third kappa shape index (κ3) is 6.16. The summed E-state index contributed by atoms with van der Waals surface area (Å²) in [5.41, 5.74) is -8.84. The van der Waals surface area contributed by atoms with Crippen molar-refractivity contribution in [1.82, 2.24) is 15.0 Å². The van der Waals surface area contributed by atoms with Gasteiger partial charge in [0.15, 0.2) is 69.8 Å². The molecular weight excluding hydrogens is 881 g/mol. The smallest absolute Gasteiger partial charge is 0.200 e. The highest BCUT2D eigenvalue weighted by molar-refractivity contribution is 6.30. The summed E-state index contributed by atoms with van der Waals surface area (Å²) >= 11 is 0. The second-order valence-corrected chi connectivity index (χ2v) is 14.0. The lowest BCUT2D eigenvalue weighted by atomic mass is 9.94. The first-order valence-electron chi connectivity index (χ1n) is 18.2. The van der Waals surface area contributed by atoms with E-state index < -0.39 is 143 Å². The normalized spacial score (nSPS) is 14.6. The van der Waals surface area contributed by atoms with Crippen molar-refractivity contribution in [3.05, 3.63) is 217 Å². The number of fused-ring (bicyclic) bond motifs is 2. The number of para-hydroxylation sites is 2. The molecule has 3 N–H and O–H groups in total. The molecule has 0 bridgehead atoms. The quantitative estimate of drug-likeness (QED) is 0.0846. The van der Waals surface area contributed by atoms with E-state index in [1.54, 1.807) is 0 Å². The summed E-state index contributed by atoms with van der Waals surface area (Å²) in [4.78, 5) is 12.2. The molecule has 0 fully saturated rings. The number of allylic oxidation sites excluding steroid dienone is 2. The largest absolute Gasteiger partial charge is 0.361 e. The van der Waals surface area contributed by atoms with Crippen molar-refractivity contribution in [3.8, 4) is 0 Å². The molecule has 5 aromatic carbocycles. The Morgan fingerprint density at radius 1 is 0.359 bits per heavy atom. The Bertz CT molecular complexity index is 3490. The van der Waals surface area contributed by atoms with Gasteiger partial charge in [0.2, 0.25) is 17.5 Å². The zero-order chi connectivity index (χ0) is 45.6. The fraction of sp³-hybridized carbons (Fsp3) is 0. The molecule has 0 amide bonds. The van der Waals surface area contributed by atoms with Crippen LogP contribution >= 0.6 is 0 Å². The minimum absolute atomic E-state index is 0.123. The van der Waals surface area contributed by atoms with Crippen LogP contribution in [0.1, 0.15) is 27.8 Å². The van der Waals surface area contributed by atoms with Crippen LogP contribution in [0.3, 0.4) is 0 Å². The van der Waals surface area contributed by atoms with Crippen LogP contribution in [0, 0.1) is 87.3 Å². The van der Waals surface area contributed by atoms with Crippen LogP contribution in [-0.2, 0) is 0 Å². The van der Waals surface area contributed by atoms with Crippen LogP contribution in [0.25, 0.3) is 38.5 Å². The highest BCUT2D eigenvalue weighted by Crippen LogP contribution is 2.41. The van der Waals surface area contributed by atoms with Crippen molar-refractivity contribution in [2.75, 3.05) is 0 Å². The molecule has 0 radical (unpaired) electrons. The summed E-state index contributed by atoms with van der Waals surface area (Å²) in [6.45, 7) is 0. The van der Waals surface area contributed by atoms with Gasteiger partial charge in [-0.05, 0) is 36.4 Å². The van der Waals surface area contributed by atoms with Gasteiger partial charge in [-0.25, -0.2) is 70.8 Å². The number of hydrogen-bond donors (Lipinski definition) is 3. The Kier molecular flexibility index (Phi) is 9.94. The first kappa shape index (κ1) is 41.6.